The molecule has 0 aliphatic heterocycles. The minimum Gasteiger partial charge on any atom is -0.481 e. The van der Waals surface area contributed by atoms with E-state index in [4.69, 9.17) is 4.74 Å². The third-order valence-electron chi connectivity index (χ3n) is 3.89. The van der Waals surface area contributed by atoms with E-state index in [9.17, 15) is 0 Å². The minimum atomic E-state index is 0.592. The van der Waals surface area contributed by atoms with Gasteiger partial charge in [0.1, 0.15) is 11.5 Å². The number of nitrogens with one attached hydrogen (secondary N) is 2. The van der Waals surface area contributed by atoms with Gasteiger partial charge in [-0.2, -0.15) is 0 Å². The molecule has 0 aromatic carbocycles. The molecule has 0 amide bonds. The van der Waals surface area contributed by atoms with Crippen LogP contribution in [0.4, 0.5) is 11.5 Å². The third-order valence-corrected chi connectivity index (χ3v) is 3.89. The van der Waals surface area contributed by atoms with Crippen LogP contribution >= 0.6 is 0 Å². The number of methoxy groups -OCH3 is 1. The van der Waals surface area contributed by atoms with E-state index in [1.54, 1.807) is 13.3 Å². The maximum atomic E-state index is 5.07. The molecule has 120 valence electrons. The summed E-state index contributed by atoms with van der Waals surface area (Å²) < 4.78 is 7.16. The van der Waals surface area contributed by atoms with Crippen molar-refractivity contribution >= 4 is 17.2 Å². The molecule has 4 rings (SSSR count). The topological polar surface area (TPSA) is 67.2 Å². The maximum absolute atomic E-state index is 5.07. The lowest BCUT2D eigenvalue weighted by Crippen LogP contribution is -1.92. The fraction of sp³-hybridized carbons (Fsp3) is 0.111. The quantitative estimate of drug-likeness (QED) is 0.600. The molecule has 0 aliphatic rings. The molecule has 0 saturated heterocycles. The number of hydrogen-bond acceptors (Lipinski definition) is 4. The van der Waals surface area contributed by atoms with Gasteiger partial charge in [-0.05, 0) is 31.2 Å². The molecule has 0 unspecified atom stereocenters. The molecule has 6 heteroatoms. The van der Waals surface area contributed by atoms with Gasteiger partial charge in [-0.25, -0.2) is 9.97 Å². The largest absolute Gasteiger partial charge is 0.481 e. The lowest BCUT2D eigenvalue weighted by atomic mass is 10.2. The molecule has 0 fully saturated rings. The van der Waals surface area contributed by atoms with Crippen LogP contribution in [0.2, 0.25) is 0 Å². The van der Waals surface area contributed by atoms with Gasteiger partial charge in [0, 0.05) is 24.0 Å². The van der Waals surface area contributed by atoms with Crippen molar-refractivity contribution in [1.29, 1.82) is 0 Å². The van der Waals surface area contributed by atoms with Crippen molar-refractivity contribution in [3.05, 3.63) is 60.7 Å². The average Bonchev–Trinajstić information content (AvgIpc) is 3.18. The summed E-state index contributed by atoms with van der Waals surface area (Å²) in [5.41, 5.74) is 5.00. The second-order valence-corrected chi connectivity index (χ2v) is 5.49. The van der Waals surface area contributed by atoms with E-state index in [0.717, 1.165) is 34.1 Å². The number of H-pyrrole nitrogens is 1. The molecule has 4 aromatic heterocycles. The van der Waals surface area contributed by atoms with E-state index in [0.29, 0.717) is 5.88 Å². The van der Waals surface area contributed by atoms with Gasteiger partial charge in [-0.15, -0.1) is 0 Å². The van der Waals surface area contributed by atoms with Crippen LogP contribution in [0.25, 0.3) is 16.9 Å². The monoisotopic (exact) mass is 319 g/mol. The van der Waals surface area contributed by atoms with Gasteiger partial charge in [-0.3, -0.25) is 4.40 Å². The Hall–Kier alpha value is -3.28. The fourth-order valence-electron chi connectivity index (χ4n) is 2.80. The van der Waals surface area contributed by atoms with Crippen molar-refractivity contribution in [1.82, 2.24) is 19.4 Å². The van der Waals surface area contributed by atoms with Crippen LogP contribution in [0.15, 0.2) is 55.0 Å². The molecular formula is C18H17N5O. The number of ether oxygens (including phenoxy) is 1. The predicted molar refractivity (Wildman–Crippen MR) is 93.8 cm³/mol. The Balaban J connectivity index is 1.65. The van der Waals surface area contributed by atoms with Crippen molar-refractivity contribution in [3.8, 4) is 17.1 Å². The molecule has 4 heterocycles. The number of aromatic nitrogens is 4. The number of rotatable bonds is 4. The van der Waals surface area contributed by atoms with E-state index in [-0.39, 0.29) is 0 Å². The standard InChI is InChI=1S/C18H17N5O/c1-12-18(23-8-4-3-5-16(23)21-12)13-9-15(19-10-13)22-14-6-7-17(24-2)20-11-14/h3-11,19,22H,1-2H3. The van der Waals surface area contributed by atoms with Crippen LogP contribution in [0.5, 0.6) is 5.88 Å². The molecule has 6 nitrogen and oxygen atoms in total. The smallest absolute Gasteiger partial charge is 0.213 e. The molecule has 4 aromatic rings. The Morgan fingerprint density at radius 3 is 2.92 bits per heavy atom. The van der Waals surface area contributed by atoms with Gasteiger partial charge in [-0.1, -0.05) is 6.07 Å². The van der Waals surface area contributed by atoms with Gasteiger partial charge >= 0.3 is 0 Å². The van der Waals surface area contributed by atoms with Crippen molar-refractivity contribution < 1.29 is 4.74 Å². The number of nitrogens with zero attached hydrogens (tertiary/aromatic N) is 3. The molecule has 0 spiro atoms. The lowest BCUT2D eigenvalue weighted by molar-refractivity contribution is 0.398. The Morgan fingerprint density at radius 2 is 2.12 bits per heavy atom. The average molecular weight is 319 g/mol. The number of imidazole rings is 1. The van der Waals surface area contributed by atoms with Crippen molar-refractivity contribution in [2.75, 3.05) is 12.4 Å². The zero-order chi connectivity index (χ0) is 16.5. The van der Waals surface area contributed by atoms with Gasteiger partial charge in [0.05, 0.1) is 30.4 Å². The minimum absolute atomic E-state index is 0.592. The van der Waals surface area contributed by atoms with Gasteiger partial charge < -0.3 is 15.0 Å². The summed E-state index contributed by atoms with van der Waals surface area (Å²) >= 11 is 0. The molecule has 0 radical (unpaired) electrons. The Bertz CT molecular complexity index is 984. The highest BCUT2D eigenvalue weighted by atomic mass is 16.5. The van der Waals surface area contributed by atoms with Gasteiger partial charge in [0.25, 0.3) is 0 Å². The van der Waals surface area contributed by atoms with Crippen LogP contribution in [0.1, 0.15) is 5.69 Å². The normalized spacial score (nSPS) is 10.9. The summed E-state index contributed by atoms with van der Waals surface area (Å²) in [5, 5.41) is 3.30. The van der Waals surface area contributed by atoms with E-state index >= 15 is 0 Å². The van der Waals surface area contributed by atoms with Crippen molar-refractivity contribution in [3.63, 3.8) is 0 Å². The van der Waals surface area contributed by atoms with Crippen LogP contribution in [0, 0.1) is 6.92 Å². The summed E-state index contributed by atoms with van der Waals surface area (Å²) in [4.78, 5) is 12.1. The molecular weight excluding hydrogens is 302 g/mol. The lowest BCUT2D eigenvalue weighted by Gasteiger charge is -2.04. The van der Waals surface area contributed by atoms with E-state index in [1.165, 1.54) is 0 Å². The summed E-state index contributed by atoms with van der Waals surface area (Å²) in [6, 6.07) is 11.8. The summed E-state index contributed by atoms with van der Waals surface area (Å²) in [5.74, 6) is 1.48. The Labute approximate surface area is 139 Å². The molecule has 2 N–H and O–H groups in total. The number of fused-ring (bicyclic) bond motifs is 1. The van der Waals surface area contributed by atoms with Crippen molar-refractivity contribution in [2.24, 2.45) is 0 Å². The zero-order valence-corrected chi connectivity index (χ0v) is 13.4. The predicted octanol–water partition coefficient (Wildman–Crippen LogP) is 3.79. The Kier molecular flexibility index (Phi) is 3.42. The summed E-state index contributed by atoms with van der Waals surface area (Å²) in [6.07, 6.45) is 5.74. The summed E-state index contributed by atoms with van der Waals surface area (Å²) in [7, 11) is 1.60. The first kappa shape index (κ1) is 14.3. The molecule has 0 bridgehead atoms. The van der Waals surface area contributed by atoms with E-state index in [1.807, 2.05) is 49.6 Å². The van der Waals surface area contributed by atoms with Crippen LogP contribution in [-0.2, 0) is 0 Å². The van der Waals surface area contributed by atoms with E-state index in [2.05, 4.69) is 30.7 Å². The van der Waals surface area contributed by atoms with Gasteiger partial charge in [0.15, 0.2) is 0 Å². The van der Waals surface area contributed by atoms with Crippen LogP contribution in [0.3, 0.4) is 0 Å². The second kappa shape index (κ2) is 5.73. The molecule has 0 atom stereocenters. The number of aromatic amines is 1. The molecule has 0 aliphatic carbocycles. The maximum Gasteiger partial charge on any atom is 0.213 e. The third kappa shape index (κ3) is 2.48. The first-order valence-corrected chi connectivity index (χ1v) is 7.64. The van der Waals surface area contributed by atoms with Crippen molar-refractivity contribution in [2.45, 2.75) is 6.92 Å². The van der Waals surface area contributed by atoms with E-state index < -0.39 is 0 Å². The number of pyridine rings is 2. The highest BCUT2D eigenvalue weighted by Crippen LogP contribution is 2.28. The zero-order valence-electron chi connectivity index (χ0n) is 13.4. The fourth-order valence-corrected chi connectivity index (χ4v) is 2.80. The van der Waals surface area contributed by atoms with Crippen LogP contribution < -0.4 is 10.1 Å². The number of hydrogen-bond donors (Lipinski definition) is 2. The molecule has 24 heavy (non-hydrogen) atoms. The number of anilines is 2. The highest BCUT2D eigenvalue weighted by molar-refractivity contribution is 5.71. The Morgan fingerprint density at radius 1 is 1.21 bits per heavy atom. The highest BCUT2D eigenvalue weighted by Gasteiger charge is 2.12. The first-order chi connectivity index (χ1) is 11.7. The van der Waals surface area contributed by atoms with Crippen LogP contribution in [-0.4, -0.2) is 26.5 Å². The second-order valence-electron chi connectivity index (χ2n) is 5.49. The van der Waals surface area contributed by atoms with Gasteiger partial charge in [0.2, 0.25) is 5.88 Å². The molecule has 0 saturated carbocycles. The first-order valence-electron chi connectivity index (χ1n) is 7.64. The SMILES string of the molecule is COc1ccc(Nc2cc(-c3c(C)nc4ccccn34)c[nH]2)cn1. The summed E-state index contributed by atoms with van der Waals surface area (Å²) in [6.45, 7) is 2.02. The number of aryl methyl sites for hydroxylation is 1.